The van der Waals surface area contributed by atoms with E-state index < -0.39 is 67.3 Å². The molecular weight excluding hydrogens is 973 g/mol. The highest BCUT2D eigenvalue weighted by molar-refractivity contribution is 5.74. The molecule has 0 aromatic rings. The minimum Gasteiger partial charge on any atom is -0.479 e. The van der Waals surface area contributed by atoms with E-state index in [0.29, 0.717) is 19.3 Å². The number of carboxylic acid groups (broad SMARTS) is 1. The van der Waals surface area contributed by atoms with Crippen molar-refractivity contribution >= 4 is 23.9 Å². The summed E-state index contributed by atoms with van der Waals surface area (Å²) in [6.45, 7) is 5.64. The van der Waals surface area contributed by atoms with Gasteiger partial charge in [-0.2, -0.15) is 0 Å². The number of hydrogen-bond donors (Lipinski definition) is 3. The molecule has 0 aromatic heterocycles. The average Bonchev–Trinajstić information content (AvgIpc) is 3.42. The molecule has 1 fully saturated rings. The highest BCUT2D eigenvalue weighted by atomic mass is 16.7. The fraction of sp³-hybridized carbons (Fsp3) is 0.631. The van der Waals surface area contributed by atoms with Gasteiger partial charge in [0.15, 0.2) is 24.6 Å². The van der Waals surface area contributed by atoms with E-state index in [-0.39, 0.29) is 25.9 Å². The third-order valence-corrected chi connectivity index (χ3v) is 12.5. The largest absolute Gasteiger partial charge is 0.479 e. The first-order chi connectivity index (χ1) is 37.6. The Balaban J connectivity index is 2.73. The summed E-state index contributed by atoms with van der Waals surface area (Å²) >= 11 is 0. The number of carboxylic acids is 1. The van der Waals surface area contributed by atoms with Gasteiger partial charge in [-0.15, -0.1) is 0 Å². The van der Waals surface area contributed by atoms with Gasteiger partial charge in [0.2, 0.25) is 0 Å². The van der Waals surface area contributed by atoms with Crippen LogP contribution in [-0.4, -0.2) is 89.2 Å². The van der Waals surface area contributed by atoms with Gasteiger partial charge in [0, 0.05) is 19.3 Å². The molecular formula is C65H102O12. The Morgan fingerprint density at radius 3 is 1.30 bits per heavy atom. The van der Waals surface area contributed by atoms with Gasteiger partial charge in [-0.05, 0) is 96.3 Å². The molecule has 1 rings (SSSR count). The lowest BCUT2D eigenvalue weighted by Crippen LogP contribution is -2.61. The van der Waals surface area contributed by atoms with Crippen molar-refractivity contribution in [3.8, 4) is 0 Å². The van der Waals surface area contributed by atoms with E-state index in [1.165, 1.54) is 25.7 Å². The zero-order chi connectivity index (χ0) is 56.1. The molecule has 0 amide bonds. The number of ether oxygens (including phenoxy) is 5. The smallest absolute Gasteiger partial charge is 0.335 e. The molecule has 0 bridgehead atoms. The van der Waals surface area contributed by atoms with Crippen LogP contribution in [0.15, 0.2) is 122 Å². The summed E-state index contributed by atoms with van der Waals surface area (Å²) in [5.41, 5.74) is 0. The number of carbonyl (C=O) groups excluding carboxylic acids is 3. The molecule has 1 heterocycles. The normalized spacial score (nSPS) is 18.9. The Kier molecular flexibility index (Phi) is 47.2. The molecule has 12 heteroatoms. The third-order valence-electron chi connectivity index (χ3n) is 12.5. The second-order valence-corrected chi connectivity index (χ2v) is 19.5. The fourth-order valence-corrected chi connectivity index (χ4v) is 8.09. The molecule has 3 N–H and O–H groups in total. The molecule has 1 aliphatic rings. The second-order valence-electron chi connectivity index (χ2n) is 19.5. The van der Waals surface area contributed by atoms with Crippen LogP contribution >= 0.6 is 0 Å². The average molecular weight is 1080 g/mol. The second kappa shape index (κ2) is 51.9. The van der Waals surface area contributed by atoms with Crippen LogP contribution in [-0.2, 0) is 42.9 Å². The minimum atomic E-state index is -1.92. The summed E-state index contributed by atoms with van der Waals surface area (Å²) in [5, 5.41) is 31.4. The molecule has 0 aliphatic carbocycles. The van der Waals surface area contributed by atoms with E-state index in [2.05, 4.69) is 130 Å². The molecule has 1 aliphatic heterocycles. The number of allylic oxidation sites excluding steroid dienone is 20. The Morgan fingerprint density at radius 2 is 0.844 bits per heavy atom. The third kappa shape index (κ3) is 41.8. The Labute approximate surface area is 465 Å². The van der Waals surface area contributed by atoms with E-state index in [1.807, 2.05) is 12.2 Å². The van der Waals surface area contributed by atoms with E-state index in [4.69, 9.17) is 23.7 Å². The van der Waals surface area contributed by atoms with Crippen molar-refractivity contribution in [3.63, 3.8) is 0 Å². The maximum absolute atomic E-state index is 13.2. The van der Waals surface area contributed by atoms with E-state index in [1.54, 1.807) is 0 Å². The van der Waals surface area contributed by atoms with Crippen LogP contribution < -0.4 is 0 Å². The molecule has 0 spiro atoms. The van der Waals surface area contributed by atoms with E-state index in [9.17, 15) is 34.5 Å². The SMILES string of the molecule is CC/C=C\C/C=C\C/C=C\C/C=C\C/C=C\C/C=C\CCC(=O)OCC(COC1OC(C(=O)O)C(O)C(O)C1OC(=O)CCCCCCCCCCC)OC(=O)CCCCCCCC/C=C\C/C=C\C/C=C\C/C=C\CC. The number of rotatable bonds is 48. The molecule has 6 unspecified atom stereocenters. The van der Waals surface area contributed by atoms with Gasteiger partial charge in [-0.25, -0.2) is 4.79 Å². The summed E-state index contributed by atoms with van der Waals surface area (Å²) < 4.78 is 28.3. The number of aliphatic carboxylic acids is 1. The highest BCUT2D eigenvalue weighted by Crippen LogP contribution is 2.26. The van der Waals surface area contributed by atoms with Crippen LogP contribution in [0.1, 0.15) is 213 Å². The summed E-state index contributed by atoms with van der Waals surface area (Å²) in [4.78, 5) is 51.0. The van der Waals surface area contributed by atoms with Crippen molar-refractivity contribution in [2.45, 2.75) is 250 Å². The lowest BCUT2D eigenvalue weighted by atomic mass is 9.98. The van der Waals surface area contributed by atoms with Gasteiger partial charge in [-0.3, -0.25) is 14.4 Å². The zero-order valence-electron chi connectivity index (χ0n) is 47.7. The van der Waals surface area contributed by atoms with Crippen LogP contribution in [0.3, 0.4) is 0 Å². The molecule has 0 aromatic carbocycles. The van der Waals surface area contributed by atoms with Crippen molar-refractivity contribution in [1.29, 1.82) is 0 Å². The molecule has 6 atom stereocenters. The van der Waals surface area contributed by atoms with Gasteiger partial charge >= 0.3 is 23.9 Å². The highest BCUT2D eigenvalue weighted by Gasteiger charge is 2.50. The van der Waals surface area contributed by atoms with Crippen LogP contribution in [0, 0.1) is 0 Å². The number of aliphatic hydroxyl groups excluding tert-OH is 2. The Hall–Kier alpha value is -4.88. The zero-order valence-corrected chi connectivity index (χ0v) is 47.7. The molecule has 0 saturated carbocycles. The van der Waals surface area contributed by atoms with Gasteiger partial charge < -0.3 is 39.0 Å². The number of unbranched alkanes of at least 4 members (excludes halogenated alkanes) is 14. The van der Waals surface area contributed by atoms with Crippen LogP contribution in [0.5, 0.6) is 0 Å². The maximum atomic E-state index is 13.2. The fourth-order valence-electron chi connectivity index (χ4n) is 8.09. The molecule has 77 heavy (non-hydrogen) atoms. The standard InChI is InChI=1S/C65H102O12/c1-4-7-10-13-16-19-21-23-25-27-29-31-33-35-37-40-42-45-48-51-57(66)73-54-56(75-58(67)52-49-46-44-41-38-36-34-32-30-28-26-24-22-20-17-14-11-8-5-2)55-74-65-63(61(70)60(69)62(77-65)64(71)72)76-59(68)53-50-47-43-39-18-15-12-9-6-3/h7-8,10-11,16-17,19-20,23-26,29-32,35,37,42,45,56,60-63,65,69-70H,4-6,9,12-15,18,21-22,27-28,33-34,36,38-41,43-44,46-55H2,1-3H3,(H,71,72)/b10-7-,11-8-,19-16-,20-17-,25-23-,26-24-,31-29-,32-30-,37-35-,45-42-. The lowest BCUT2D eigenvalue weighted by molar-refractivity contribution is -0.301. The van der Waals surface area contributed by atoms with E-state index in [0.717, 1.165) is 128 Å². The van der Waals surface area contributed by atoms with Gasteiger partial charge in [0.25, 0.3) is 0 Å². The number of aliphatic hydroxyl groups is 2. The number of hydrogen-bond acceptors (Lipinski definition) is 11. The molecule has 12 nitrogen and oxygen atoms in total. The van der Waals surface area contributed by atoms with Crippen molar-refractivity contribution in [2.75, 3.05) is 13.2 Å². The maximum Gasteiger partial charge on any atom is 0.335 e. The van der Waals surface area contributed by atoms with Gasteiger partial charge in [0.1, 0.15) is 18.8 Å². The summed E-state index contributed by atoms with van der Waals surface area (Å²) in [6.07, 6.45) is 59.1. The lowest BCUT2D eigenvalue weighted by Gasteiger charge is -2.40. The van der Waals surface area contributed by atoms with Crippen molar-refractivity contribution < 1.29 is 58.2 Å². The molecule has 434 valence electrons. The predicted molar refractivity (Wildman–Crippen MR) is 312 cm³/mol. The first-order valence-electron chi connectivity index (χ1n) is 29.5. The van der Waals surface area contributed by atoms with Crippen molar-refractivity contribution in [3.05, 3.63) is 122 Å². The number of esters is 3. The topological polar surface area (TPSA) is 175 Å². The monoisotopic (exact) mass is 1070 g/mol. The molecule has 0 radical (unpaired) electrons. The van der Waals surface area contributed by atoms with Crippen LogP contribution in [0.4, 0.5) is 0 Å². The molecule has 1 saturated heterocycles. The first kappa shape index (κ1) is 70.1. The number of carbonyl (C=O) groups is 4. The van der Waals surface area contributed by atoms with Crippen molar-refractivity contribution in [1.82, 2.24) is 0 Å². The Morgan fingerprint density at radius 1 is 0.442 bits per heavy atom. The van der Waals surface area contributed by atoms with Crippen molar-refractivity contribution in [2.24, 2.45) is 0 Å². The quantitative estimate of drug-likeness (QED) is 0.0228. The van der Waals surface area contributed by atoms with Crippen LogP contribution in [0.25, 0.3) is 0 Å². The van der Waals surface area contributed by atoms with Crippen LogP contribution in [0.2, 0.25) is 0 Å². The summed E-state index contributed by atoms with van der Waals surface area (Å²) in [6, 6.07) is 0. The summed E-state index contributed by atoms with van der Waals surface area (Å²) in [7, 11) is 0. The van der Waals surface area contributed by atoms with Gasteiger partial charge in [-0.1, -0.05) is 219 Å². The predicted octanol–water partition coefficient (Wildman–Crippen LogP) is 15.2. The first-order valence-corrected chi connectivity index (χ1v) is 29.5. The van der Waals surface area contributed by atoms with Gasteiger partial charge in [0.05, 0.1) is 6.61 Å². The van der Waals surface area contributed by atoms with E-state index >= 15 is 0 Å². The Bertz CT molecular complexity index is 1800. The summed E-state index contributed by atoms with van der Waals surface area (Å²) in [5.74, 6) is -3.27. The minimum absolute atomic E-state index is 0.0466.